The van der Waals surface area contributed by atoms with Crippen LogP contribution in [0, 0.1) is 0 Å². The Morgan fingerprint density at radius 3 is 2.33 bits per heavy atom. The van der Waals surface area contributed by atoms with Gasteiger partial charge in [-0.3, -0.25) is 5.84 Å². The van der Waals surface area contributed by atoms with E-state index in [2.05, 4.69) is 12.3 Å². The lowest BCUT2D eigenvalue weighted by molar-refractivity contribution is 0.388. The normalized spacial score (nSPS) is 12.8. The number of hydrogen-bond acceptors (Lipinski definition) is 3. The van der Waals surface area contributed by atoms with E-state index < -0.39 is 0 Å². The van der Waals surface area contributed by atoms with Gasteiger partial charge in [0.25, 0.3) is 0 Å². The Morgan fingerprint density at radius 1 is 1.11 bits per heavy atom. The first-order chi connectivity index (χ1) is 8.88. The van der Waals surface area contributed by atoms with E-state index >= 15 is 0 Å². The van der Waals surface area contributed by atoms with Crippen molar-refractivity contribution in [2.24, 2.45) is 5.84 Å². The van der Waals surface area contributed by atoms with Crippen LogP contribution in [0.5, 0.6) is 0 Å². The summed E-state index contributed by atoms with van der Waals surface area (Å²) >= 11 is 0. The Balaban J connectivity index is 1.99. The highest BCUT2D eigenvalue weighted by Crippen LogP contribution is 2.20. The van der Waals surface area contributed by atoms with E-state index in [9.17, 15) is 0 Å². The molecule has 1 heterocycles. The largest absolute Gasteiger partial charge is 0.468 e. The first kappa shape index (κ1) is 15.3. The predicted octanol–water partition coefficient (Wildman–Crippen LogP) is 4.31. The van der Waals surface area contributed by atoms with Crippen molar-refractivity contribution in [2.75, 3.05) is 0 Å². The van der Waals surface area contributed by atoms with Crippen LogP contribution in [0.3, 0.4) is 0 Å². The van der Waals surface area contributed by atoms with Crippen molar-refractivity contribution >= 4 is 0 Å². The number of hydrazine groups is 1. The van der Waals surface area contributed by atoms with Crippen LogP contribution in [-0.4, -0.2) is 0 Å². The third-order valence-corrected chi connectivity index (χ3v) is 3.43. The summed E-state index contributed by atoms with van der Waals surface area (Å²) in [5, 5.41) is 0. The molecular formula is C15H28N2O. The van der Waals surface area contributed by atoms with Gasteiger partial charge in [-0.25, -0.2) is 5.43 Å². The predicted molar refractivity (Wildman–Crippen MR) is 76.0 cm³/mol. The number of hydrogen-bond donors (Lipinski definition) is 2. The average molecular weight is 252 g/mol. The van der Waals surface area contributed by atoms with Crippen LogP contribution in [0.2, 0.25) is 0 Å². The van der Waals surface area contributed by atoms with Crippen molar-refractivity contribution in [1.82, 2.24) is 5.43 Å². The summed E-state index contributed by atoms with van der Waals surface area (Å²) in [4.78, 5) is 0. The molecule has 0 aromatic carbocycles. The molecule has 0 spiro atoms. The molecule has 0 aliphatic carbocycles. The van der Waals surface area contributed by atoms with Gasteiger partial charge in [-0.1, -0.05) is 58.3 Å². The van der Waals surface area contributed by atoms with Crippen molar-refractivity contribution in [3.8, 4) is 0 Å². The van der Waals surface area contributed by atoms with Crippen molar-refractivity contribution in [3.63, 3.8) is 0 Å². The molecule has 0 bridgehead atoms. The molecule has 0 saturated carbocycles. The van der Waals surface area contributed by atoms with E-state index in [1.54, 1.807) is 6.26 Å². The molecule has 1 atom stereocenters. The molecule has 0 aliphatic rings. The quantitative estimate of drug-likeness (QED) is 0.350. The molecule has 3 N–H and O–H groups in total. The van der Waals surface area contributed by atoms with Gasteiger partial charge in [0, 0.05) is 0 Å². The third kappa shape index (κ3) is 6.22. The minimum absolute atomic E-state index is 0.167. The Labute approximate surface area is 111 Å². The Kier molecular flexibility index (Phi) is 8.61. The molecule has 0 radical (unpaired) electrons. The van der Waals surface area contributed by atoms with E-state index in [-0.39, 0.29) is 6.04 Å². The molecule has 3 heteroatoms. The highest BCUT2D eigenvalue weighted by Gasteiger charge is 2.11. The van der Waals surface area contributed by atoms with Crippen LogP contribution in [0.15, 0.2) is 22.8 Å². The molecule has 18 heavy (non-hydrogen) atoms. The monoisotopic (exact) mass is 252 g/mol. The van der Waals surface area contributed by atoms with Gasteiger partial charge >= 0.3 is 0 Å². The number of furan rings is 1. The standard InChI is InChI=1S/C15H28N2O/c1-2-3-4-5-6-7-8-9-11-14(17-16)15-12-10-13-18-15/h10,12-14,17H,2-9,11,16H2,1H3. The smallest absolute Gasteiger partial charge is 0.122 e. The molecule has 0 aliphatic heterocycles. The minimum atomic E-state index is 0.167. The van der Waals surface area contributed by atoms with Gasteiger partial charge in [0.1, 0.15) is 5.76 Å². The second kappa shape index (κ2) is 10.2. The van der Waals surface area contributed by atoms with E-state index in [0.717, 1.165) is 12.2 Å². The lowest BCUT2D eigenvalue weighted by Crippen LogP contribution is -2.27. The zero-order valence-electron chi connectivity index (χ0n) is 11.7. The van der Waals surface area contributed by atoms with Crippen molar-refractivity contribution in [3.05, 3.63) is 24.2 Å². The molecule has 3 nitrogen and oxygen atoms in total. The molecule has 0 saturated heterocycles. The lowest BCUT2D eigenvalue weighted by Gasteiger charge is -2.12. The van der Waals surface area contributed by atoms with Crippen LogP contribution in [0.1, 0.15) is 76.5 Å². The second-order valence-corrected chi connectivity index (χ2v) is 5.00. The summed E-state index contributed by atoms with van der Waals surface area (Å²) < 4.78 is 5.37. The van der Waals surface area contributed by atoms with Gasteiger partial charge < -0.3 is 4.42 Å². The maximum atomic E-state index is 5.55. The molecule has 1 aromatic rings. The molecule has 104 valence electrons. The van der Waals surface area contributed by atoms with Crippen LogP contribution in [0.25, 0.3) is 0 Å². The first-order valence-corrected chi connectivity index (χ1v) is 7.38. The molecule has 1 unspecified atom stereocenters. The SMILES string of the molecule is CCCCCCCCCCC(NN)c1ccco1. The topological polar surface area (TPSA) is 51.2 Å². The molecule has 0 fully saturated rings. The number of nitrogens with two attached hydrogens (primary N) is 1. The van der Waals surface area contributed by atoms with Gasteiger partial charge in [-0.15, -0.1) is 0 Å². The van der Waals surface area contributed by atoms with Crippen molar-refractivity contribution in [2.45, 2.75) is 70.8 Å². The fourth-order valence-corrected chi connectivity index (χ4v) is 2.28. The maximum absolute atomic E-state index is 5.55. The van der Waals surface area contributed by atoms with Crippen molar-refractivity contribution in [1.29, 1.82) is 0 Å². The Bertz CT molecular complexity index is 272. The zero-order valence-corrected chi connectivity index (χ0v) is 11.7. The average Bonchev–Trinajstić information content (AvgIpc) is 2.91. The second-order valence-electron chi connectivity index (χ2n) is 5.00. The molecule has 1 rings (SSSR count). The lowest BCUT2D eigenvalue weighted by atomic mass is 10.0. The summed E-state index contributed by atoms with van der Waals surface area (Å²) in [6, 6.07) is 4.06. The van der Waals surface area contributed by atoms with Crippen LogP contribution < -0.4 is 11.3 Å². The Morgan fingerprint density at radius 2 is 1.78 bits per heavy atom. The van der Waals surface area contributed by atoms with Gasteiger partial charge in [0.15, 0.2) is 0 Å². The van der Waals surface area contributed by atoms with E-state index in [0.29, 0.717) is 0 Å². The maximum Gasteiger partial charge on any atom is 0.122 e. The van der Waals surface area contributed by atoms with Crippen LogP contribution >= 0.6 is 0 Å². The number of rotatable bonds is 11. The molecule has 1 aromatic heterocycles. The first-order valence-electron chi connectivity index (χ1n) is 7.38. The number of nitrogens with one attached hydrogen (secondary N) is 1. The Hall–Kier alpha value is -0.800. The minimum Gasteiger partial charge on any atom is -0.468 e. The zero-order chi connectivity index (χ0) is 13.1. The summed E-state index contributed by atoms with van der Waals surface area (Å²) in [6.45, 7) is 2.26. The molecular weight excluding hydrogens is 224 g/mol. The van der Waals surface area contributed by atoms with E-state index in [1.165, 1.54) is 51.4 Å². The van der Waals surface area contributed by atoms with Crippen LogP contribution in [-0.2, 0) is 0 Å². The van der Waals surface area contributed by atoms with Crippen molar-refractivity contribution < 1.29 is 4.42 Å². The highest BCUT2D eigenvalue weighted by atomic mass is 16.3. The summed E-state index contributed by atoms with van der Waals surface area (Å²) in [5.41, 5.74) is 2.83. The summed E-state index contributed by atoms with van der Waals surface area (Å²) in [5.74, 6) is 6.49. The molecule has 0 amide bonds. The van der Waals surface area contributed by atoms with Gasteiger partial charge in [-0.2, -0.15) is 0 Å². The highest BCUT2D eigenvalue weighted by molar-refractivity contribution is 5.03. The van der Waals surface area contributed by atoms with Gasteiger partial charge in [-0.05, 0) is 18.6 Å². The van der Waals surface area contributed by atoms with Gasteiger partial charge in [0.05, 0.1) is 12.3 Å². The van der Waals surface area contributed by atoms with E-state index in [1.807, 2.05) is 12.1 Å². The number of unbranched alkanes of at least 4 members (excludes halogenated alkanes) is 7. The van der Waals surface area contributed by atoms with Crippen LogP contribution in [0.4, 0.5) is 0 Å². The fourth-order valence-electron chi connectivity index (χ4n) is 2.28. The summed E-state index contributed by atoms with van der Waals surface area (Å²) in [6.07, 6.45) is 13.5. The fraction of sp³-hybridized carbons (Fsp3) is 0.733. The third-order valence-electron chi connectivity index (χ3n) is 3.43. The summed E-state index contributed by atoms with van der Waals surface area (Å²) in [7, 11) is 0. The van der Waals surface area contributed by atoms with E-state index in [4.69, 9.17) is 10.3 Å². The van der Waals surface area contributed by atoms with Gasteiger partial charge in [0.2, 0.25) is 0 Å².